The lowest BCUT2D eigenvalue weighted by Gasteiger charge is -2.19. The standard InChI is InChI=1S/C8H12BrN5O/c9-5-6(10)14(15)8(11)12-7(5)13-3-1-2-4-13/h11,15H,1-4,10H2. The summed E-state index contributed by atoms with van der Waals surface area (Å²) >= 11 is 3.28. The van der Waals surface area contributed by atoms with Crippen LogP contribution >= 0.6 is 15.9 Å². The van der Waals surface area contributed by atoms with Gasteiger partial charge in [0.25, 0.3) is 5.62 Å². The SMILES string of the molecule is N=c1nc(N2CCCC2)c(Br)c(N)n1O. The summed E-state index contributed by atoms with van der Waals surface area (Å²) in [5, 5.41) is 16.8. The lowest BCUT2D eigenvalue weighted by molar-refractivity contribution is 0.171. The Morgan fingerprint density at radius 2 is 2.00 bits per heavy atom. The largest absolute Gasteiger partial charge is 0.423 e. The van der Waals surface area contributed by atoms with Crippen molar-refractivity contribution in [3.05, 3.63) is 10.1 Å². The first-order valence-electron chi connectivity index (χ1n) is 4.68. The molecule has 0 aromatic carbocycles. The molecule has 4 N–H and O–H groups in total. The van der Waals surface area contributed by atoms with Gasteiger partial charge in [-0.2, -0.15) is 4.98 Å². The molecule has 1 aromatic rings. The summed E-state index contributed by atoms with van der Waals surface area (Å²) in [7, 11) is 0. The summed E-state index contributed by atoms with van der Waals surface area (Å²) in [6.07, 6.45) is 2.24. The normalized spacial score (nSPS) is 15.9. The molecule has 1 aliphatic rings. The number of nitrogens with two attached hydrogens (primary N) is 1. The number of nitrogen functional groups attached to an aromatic ring is 1. The Labute approximate surface area is 94.9 Å². The van der Waals surface area contributed by atoms with Crippen molar-refractivity contribution < 1.29 is 5.21 Å². The van der Waals surface area contributed by atoms with Gasteiger partial charge >= 0.3 is 0 Å². The van der Waals surface area contributed by atoms with Crippen molar-refractivity contribution in [1.29, 1.82) is 5.41 Å². The highest BCUT2D eigenvalue weighted by atomic mass is 79.9. The molecule has 0 spiro atoms. The second-order valence-electron chi connectivity index (χ2n) is 3.46. The molecule has 0 bridgehead atoms. The zero-order valence-electron chi connectivity index (χ0n) is 8.07. The highest BCUT2D eigenvalue weighted by molar-refractivity contribution is 9.10. The van der Waals surface area contributed by atoms with Crippen LogP contribution in [0.3, 0.4) is 0 Å². The molecule has 1 aromatic heterocycles. The predicted molar refractivity (Wildman–Crippen MR) is 58.8 cm³/mol. The summed E-state index contributed by atoms with van der Waals surface area (Å²) in [5.74, 6) is 0.747. The third kappa shape index (κ3) is 1.67. The Kier molecular flexibility index (Phi) is 2.56. The van der Waals surface area contributed by atoms with Crippen LogP contribution < -0.4 is 16.3 Å². The number of aromatic nitrogens is 2. The van der Waals surface area contributed by atoms with Gasteiger partial charge in [0.2, 0.25) is 0 Å². The minimum atomic E-state index is -0.252. The smallest absolute Gasteiger partial charge is 0.259 e. The molecular weight excluding hydrogens is 262 g/mol. The van der Waals surface area contributed by atoms with E-state index in [1.807, 2.05) is 0 Å². The van der Waals surface area contributed by atoms with Crippen molar-refractivity contribution in [1.82, 2.24) is 9.71 Å². The second kappa shape index (κ2) is 3.73. The van der Waals surface area contributed by atoms with E-state index >= 15 is 0 Å². The van der Waals surface area contributed by atoms with Crippen molar-refractivity contribution in [2.75, 3.05) is 23.7 Å². The van der Waals surface area contributed by atoms with Crippen LogP contribution in [0.5, 0.6) is 0 Å². The molecule has 1 fully saturated rings. The fourth-order valence-corrected chi connectivity index (χ4v) is 2.16. The number of anilines is 2. The van der Waals surface area contributed by atoms with Gasteiger partial charge in [0.15, 0.2) is 11.6 Å². The summed E-state index contributed by atoms with van der Waals surface area (Å²) in [6, 6.07) is 0. The molecule has 2 rings (SSSR count). The lowest BCUT2D eigenvalue weighted by atomic mass is 10.4. The summed E-state index contributed by atoms with van der Waals surface area (Å²) in [4.78, 5) is 6.05. The number of halogens is 1. The molecule has 2 heterocycles. The molecule has 7 heteroatoms. The van der Waals surface area contributed by atoms with E-state index < -0.39 is 0 Å². The lowest BCUT2D eigenvalue weighted by Crippen LogP contribution is -2.29. The summed E-state index contributed by atoms with van der Waals surface area (Å²) < 4.78 is 1.10. The first-order chi connectivity index (χ1) is 7.11. The van der Waals surface area contributed by atoms with E-state index in [2.05, 4.69) is 25.8 Å². The molecule has 0 aliphatic carbocycles. The van der Waals surface area contributed by atoms with E-state index in [-0.39, 0.29) is 11.4 Å². The van der Waals surface area contributed by atoms with Crippen LogP contribution in [0.2, 0.25) is 0 Å². The van der Waals surface area contributed by atoms with E-state index in [0.29, 0.717) is 15.0 Å². The van der Waals surface area contributed by atoms with Crippen LogP contribution in [0, 0.1) is 5.41 Å². The van der Waals surface area contributed by atoms with E-state index in [0.717, 1.165) is 25.9 Å². The van der Waals surface area contributed by atoms with Gasteiger partial charge in [0, 0.05) is 13.1 Å². The molecular formula is C8H12BrN5O. The van der Waals surface area contributed by atoms with E-state index in [9.17, 15) is 5.21 Å². The maximum Gasteiger partial charge on any atom is 0.259 e. The monoisotopic (exact) mass is 273 g/mol. The van der Waals surface area contributed by atoms with Crippen LogP contribution in [0.15, 0.2) is 4.47 Å². The topological polar surface area (TPSA) is 91.2 Å². The molecule has 82 valence electrons. The number of nitrogens with zero attached hydrogens (tertiary/aromatic N) is 3. The Morgan fingerprint density at radius 1 is 1.40 bits per heavy atom. The van der Waals surface area contributed by atoms with Gasteiger partial charge in [-0.1, -0.05) is 0 Å². The van der Waals surface area contributed by atoms with E-state index in [1.54, 1.807) is 0 Å². The number of rotatable bonds is 1. The zero-order valence-corrected chi connectivity index (χ0v) is 9.66. The van der Waals surface area contributed by atoms with E-state index in [1.165, 1.54) is 0 Å². The Hall–Kier alpha value is -1.24. The minimum absolute atomic E-state index is 0.108. The summed E-state index contributed by atoms with van der Waals surface area (Å²) in [5.41, 5.74) is 5.38. The van der Waals surface area contributed by atoms with Gasteiger partial charge in [-0.3, -0.25) is 5.41 Å². The third-order valence-corrected chi connectivity index (χ3v) is 3.23. The molecule has 15 heavy (non-hydrogen) atoms. The molecule has 1 aliphatic heterocycles. The van der Waals surface area contributed by atoms with Crippen LogP contribution in [-0.4, -0.2) is 28.0 Å². The fraction of sp³-hybridized carbons (Fsp3) is 0.500. The van der Waals surface area contributed by atoms with Crippen molar-refractivity contribution >= 4 is 27.6 Å². The van der Waals surface area contributed by atoms with Gasteiger partial charge in [0.05, 0.1) is 0 Å². The van der Waals surface area contributed by atoms with Crippen LogP contribution in [0.1, 0.15) is 12.8 Å². The Morgan fingerprint density at radius 3 is 2.60 bits per heavy atom. The van der Waals surface area contributed by atoms with Crippen molar-refractivity contribution in [2.24, 2.45) is 0 Å². The Balaban J connectivity index is 2.52. The molecule has 6 nitrogen and oxygen atoms in total. The molecule has 0 unspecified atom stereocenters. The first kappa shape index (κ1) is 10.3. The van der Waals surface area contributed by atoms with Crippen molar-refractivity contribution in [3.8, 4) is 0 Å². The highest BCUT2D eigenvalue weighted by Gasteiger charge is 2.19. The van der Waals surface area contributed by atoms with Crippen LogP contribution in [0.25, 0.3) is 0 Å². The average molecular weight is 274 g/mol. The van der Waals surface area contributed by atoms with Gasteiger partial charge in [-0.05, 0) is 28.8 Å². The molecule has 0 saturated carbocycles. The zero-order chi connectivity index (χ0) is 11.0. The van der Waals surface area contributed by atoms with Crippen LogP contribution in [-0.2, 0) is 0 Å². The van der Waals surface area contributed by atoms with Crippen LogP contribution in [0.4, 0.5) is 11.6 Å². The first-order valence-corrected chi connectivity index (χ1v) is 5.47. The highest BCUT2D eigenvalue weighted by Crippen LogP contribution is 2.29. The van der Waals surface area contributed by atoms with Gasteiger partial charge < -0.3 is 15.8 Å². The predicted octanol–water partition coefficient (Wildman–Crippen LogP) is 0.545. The number of hydrogen-bond acceptors (Lipinski definition) is 5. The summed E-state index contributed by atoms with van der Waals surface area (Å²) in [6.45, 7) is 1.83. The number of nitrogens with one attached hydrogen (secondary N) is 1. The van der Waals surface area contributed by atoms with Gasteiger partial charge in [-0.15, -0.1) is 4.73 Å². The molecule has 0 atom stereocenters. The second-order valence-corrected chi connectivity index (χ2v) is 4.26. The van der Waals surface area contributed by atoms with E-state index in [4.69, 9.17) is 11.1 Å². The Bertz CT molecular complexity index is 437. The number of hydrogen-bond donors (Lipinski definition) is 3. The van der Waals surface area contributed by atoms with Crippen molar-refractivity contribution in [2.45, 2.75) is 12.8 Å². The molecule has 0 radical (unpaired) electrons. The third-order valence-electron chi connectivity index (χ3n) is 2.47. The molecule has 1 saturated heterocycles. The average Bonchev–Trinajstić information content (AvgIpc) is 2.73. The maximum atomic E-state index is 9.35. The van der Waals surface area contributed by atoms with Gasteiger partial charge in [-0.25, -0.2) is 0 Å². The fourth-order valence-electron chi connectivity index (χ4n) is 1.66. The van der Waals surface area contributed by atoms with Gasteiger partial charge in [0.1, 0.15) is 4.47 Å². The van der Waals surface area contributed by atoms with Crippen molar-refractivity contribution in [3.63, 3.8) is 0 Å². The molecule has 0 amide bonds. The quantitative estimate of drug-likeness (QED) is 0.652. The maximum absolute atomic E-state index is 9.35. The minimum Gasteiger partial charge on any atom is -0.423 e.